The van der Waals surface area contributed by atoms with Crippen molar-refractivity contribution in [2.75, 3.05) is 19.0 Å². The van der Waals surface area contributed by atoms with Gasteiger partial charge in [0.05, 0.1) is 13.7 Å². The van der Waals surface area contributed by atoms with Crippen LogP contribution in [0.25, 0.3) is 0 Å². The van der Waals surface area contributed by atoms with E-state index >= 15 is 0 Å². The monoisotopic (exact) mass is 367 g/mol. The van der Waals surface area contributed by atoms with Crippen molar-refractivity contribution in [3.63, 3.8) is 0 Å². The lowest BCUT2D eigenvalue weighted by atomic mass is 10.1. The molecule has 1 aliphatic rings. The molecule has 1 fully saturated rings. The fourth-order valence-electron chi connectivity index (χ4n) is 2.67. The Labute approximate surface area is 159 Å². The normalized spacial score (nSPS) is 13.0. The highest BCUT2D eigenvalue weighted by Gasteiger charge is 2.23. The Morgan fingerprint density at radius 1 is 1.15 bits per heavy atom. The van der Waals surface area contributed by atoms with Crippen LogP contribution in [0.15, 0.2) is 42.5 Å². The molecule has 27 heavy (non-hydrogen) atoms. The summed E-state index contributed by atoms with van der Waals surface area (Å²) in [4.78, 5) is 24.3. The van der Waals surface area contributed by atoms with Gasteiger partial charge in [-0.15, -0.1) is 0 Å². The second-order valence-corrected chi connectivity index (χ2v) is 6.76. The van der Waals surface area contributed by atoms with Crippen molar-refractivity contribution < 1.29 is 14.3 Å². The molecule has 0 radical (unpaired) electrons. The first kappa shape index (κ1) is 18.8. The van der Waals surface area contributed by atoms with E-state index in [4.69, 9.17) is 4.74 Å². The Morgan fingerprint density at radius 2 is 1.96 bits per heavy atom. The van der Waals surface area contributed by atoms with Crippen LogP contribution < -0.4 is 20.7 Å². The third-order valence-corrected chi connectivity index (χ3v) is 4.48. The molecule has 3 rings (SSSR count). The quantitative estimate of drug-likeness (QED) is 0.670. The molecule has 0 aromatic heterocycles. The summed E-state index contributed by atoms with van der Waals surface area (Å²) in [5.41, 5.74) is 3.35. The van der Waals surface area contributed by atoms with Crippen molar-refractivity contribution in [3.8, 4) is 5.75 Å². The maximum Gasteiger partial charge on any atom is 0.251 e. The number of ether oxygens (including phenoxy) is 1. The van der Waals surface area contributed by atoms with Crippen LogP contribution in [0, 0.1) is 6.92 Å². The summed E-state index contributed by atoms with van der Waals surface area (Å²) >= 11 is 0. The van der Waals surface area contributed by atoms with E-state index in [1.807, 2.05) is 37.3 Å². The SMILES string of the molecule is COc1cccc(CNC(=O)CNc2cc(C(=O)NC3CC3)ccc2C)c1. The summed E-state index contributed by atoms with van der Waals surface area (Å²) in [6, 6.07) is 13.4. The first-order valence-electron chi connectivity index (χ1n) is 9.10. The maximum absolute atomic E-state index is 12.2. The molecular formula is C21H25N3O3. The Hall–Kier alpha value is -3.02. The zero-order valence-corrected chi connectivity index (χ0v) is 15.7. The van der Waals surface area contributed by atoms with Crippen molar-refractivity contribution in [3.05, 3.63) is 59.2 Å². The number of anilines is 1. The fraction of sp³-hybridized carbons (Fsp3) is 0.333. The van der Waals surface area contributed by atoms with Crippen molar-refractivity contribution >= 4 is 17.5 Å². The number of aryl methyl sites for hydroxylation is 1. The summed E-state index contributed by atoms with van der Waals surface area (Å²) in [7, 11) is 1.61. The van der Waals surface area contributed by atoms with E-state index in [9.17, 15) is 9.59 Å². The predicted molar refractivity (Wildman–Crippen MR) is 105 cm³/mol. The predicted octanol–water partition coefficient (Wildman–Crippen LogP) is 2.62. The topological polar surface area (TPSA) is 79.5 Å². The molecule has 6 heteroatoms. The molecule has 0 unspecified atom stereocenters. The van der Waals surface area contributed by atoms with Gasteiger partial charge in [-0.3, -0.25) is 9.59 Å². The number of amides is 2. The van der Waals surface area contributed by atoms with Gasteiger partial charge in [-0.25, -0.2) is 0 Å². The van der Waals surface area contributed by atoms with Crippen LogP contribution in [0.1, 0.15) is 34.3 Å². The van der Waals surface area contributed by atoms with Crippen LogP contribution in [-0.2, 0) is 11.3 Å². The van der Waals surface area contributed by atoms with Gasteiger partial charge in [0.2, 0.25) is 5.91 Å². The Bertz CT molecular complexity index is 831. The molecule has 1 aliphatic carbocycles. The van der Waals surface area contributed by atoms with Crippen LogP contribution >= 0.6 is 0 Å². The van der Waals surface area contributed by atoms with Crippen LogP contribution in [0.2, 0.25) is 0 Å². The third-order valence-electron chi connectivity index (χ3n) is 4.48. The number of benzene rings is 2. The summed E-state index contributed by atoms with van der Waals surface area (Å²) in [6.45, 7) is 2.51. The number of methoxy groups -OCH3 is 1. The van der Waals surface area contributed by atoms with Crippen LogP contribution in [0.4, 0.5) is 5.69 Å². The minimum Gasteiger partial charge on any atom is -0.497 e. The summed E-state index contributed by atoms with van der Waals surface area (Å²) in [5.74, 6) is 0.574. The molecule has 1 saturated carbocycles. The Morgan fingerprint density at radius 3 is 2.70 bits per heavy atom. The molecule has 0 bridgehead atoms. The first-order valence-corrected chi connectivity index (χ1v) is 9.10. The lowest BCUT2D eigenvalue weighted by Crippen LogP contribution is -2.29. The minimum absolute atomic E-state index is 0.0666. The molecule has 2 amide bonds. The first-order chi connectivity index (χ1) is 13.0. The van der Waals surface area contributed by atoms with Gasteiger partial charge >= 0.3 is 0 Å². The average Bonchev–Trinajstić information content (AvgIpc) is 3.49. The second-order valence-electron chi connectivity index (χ2n) is 6.76. The second kappa shape index (κ2) is 8.58. The molecule has 0 spiro atoms. The Kier molecular flexibility index (Phi) is 5.96. The molecule has 0 atom stereocenters. The summed E-state index contributed by atoms with van der Waals surface area (Å²) in [6.07, 6.45) is 2.10. The largest absolute Gasteiger partial charge is 0.497 e. The third kappa shape index (κ3) is 5.48. The van der Waals surface area contributed by atoms with Crippen LogP contribution in [-0.4, -0.2) is 31.5 Å². The number of rotatable bonds is 8. The van der Waals surface area contributed by atoms with Gasteiger partial charge in [-0.1, -0.05) is 18.2 Å². The number of hydrogen-bond donors (Lipinski definition) is 3. The number of carbonyl (C=O) groups excluding carboxylic acids is 2. The van der Waals surface area contributed by atoms with E-state index in [0.29, 0.717) is 18.2 Å². The minimum atomic E-state index is -0.120. The zero-order chi connectivity index (χ0) is 19.2. The lowest BCUT2D eigenvalue weighted by Gasteiger charge is -2.12. The summed E-state index contributed by atoms with van der Waals surface area (Å²) in [5, 5.41) is 8.97. The molecule has 3 N–H and O–H groups in total. The molecule has 2 aromatic rings. The number of nitrogens with one attached hydrogen (secondary N) is 3. The molecule has 0 aliphatic heterocycles. The highest BCUT2D eigenvalue weighted by molar-refractivity contribution is 5.96. The van der Waals surface area contributed by atoms with Gasteiger partial charge in [0, 0.05) is 23.8 Å². The van der Waals surface area contributed by atoms with Gasteiger partial charge in [-0.2, -0.15) is 0 Å². The molecule has 2 aromatic carbocycles. The average molecular weight is 367 g/mol. The van der Waals surface area contributed by atoms with Gasteiger partial charge < -0.3 is 20.7 Å². The molecular weight excluding hydrogens is 342 g/mol. The Balaban J connectivity index is 1.52. The lowest BCUT2D eigenvalue weighted by molar-refractivity contribution is -0.119. The van der Waals surface area contributed by atoms with E-state index in [2.05, 4.69) is 16.0 Å². The molecule has 142 valence electrons. The van der Waals surface area contributed by atoms with E-state index in [-0.39, 0.29) is 18.4 Å². The fourth-order valence-corrected chi connectivity index (χ4v) is 2.67. The standard InChI is InChI=1S/C21H25N3O3/c1-14-6-7-16(21(26)24-17-8-9-17)11-19(14)22-13-20(25)23-12-15-4-3-5-18(10-15)27-2/h3-7,10-11,17,22H,8-9,12-13H2,1-2H3,(H,23,25)(H,24,26). The van der Waals surface area contributed by atoms with Crippen molar-refractivity contribution in [2.24, 2.45) is 0 Å². The van der Waals surface area contributed by atoms with E-state index < -0.39 is 0 Å². The number of hydrogen-bond acceptors (Lipinski definition) is 4. The van der Waals surface area contributed by atoms with Gasteiger partial charge in [0.1, 0.15) is 5.75 Å². The van der Waals surface area contributed by atoms with E-state index in [0.717, 1.165) is 35.4 Å². The van der Waals surface area contributed by atoms with Crippen molar-refractivity contribution in [1.82, 2.24) is 10.6 Å². The van der Waals surface area contributed by atoms with Crippen LogP contribution in [0.3, 0.4) is 0 Å². The smallest absolute Gasteiger partial charge is 0.251 e. The highest BCUT2D eigenvalue weighted by atomic mass is 16.5. The van der Waals surface area contributed by atoms with E-state index in [1.54, 1.807) is 19.2 Å². The van der Waals surface area contributed by atoms with Gasteiger partial charge in [0.25, 0.3) is 5.91 Å². The van der Waals surface area contributed by atoms with Crippen LogP contribution in [0.5, 0.6) is 5.75 Å². The van der Waals surface area contributed by atoms with Crippen molar-refractivity contribution in [2.45, 2.75) is 32.4 Å². The van der Waals surface area contributed by atoms with Gasteiger partial charge in [-0.05, 0) is 55.2 Å². The highest BCUT2D eigenvalue weighted by Crippen LogP contribution is 2.21. The van der Waals surface area contributed by atoms with Gasteiger partial charge in [0.15, 0.2) is 0 Å². The number of carbonyl (C=O) groups is 2. The zero-order valence-electron chi connectivity index (χ0n) is 15.7. The molecule has 0 heterocycles. The van der Waals surface area contributed by atoms with E-state index in [1.165, 1.54) is 0 Å². The maximum atomic E-state index is 12.2. The molecule has 6 nitrogen and oxygen atoms in total. The molecule has 0 saturated heterocycles. The van der Waals surface area contributed by atoms with Crippen molar-refractivity contribution in [1.29, 1.82) is 0 Å². The summed E-state index contributed by atoms with van der Waals surface area (Å²) < 4.78 is 5.18.